The van der Waals surface area contributed by atoms with Crippen LogP contribution in [-0.4, -0.2) is 31.2 Å². The Balaban J connectivity index is 2.01. The maximum atomic E-state index is 12.1. The summed E-state index contributed by atoms with van der Waals surface area (Å²) < 4.78 is 10.4. The van der Waals surface area contributed by atoms with Crippen molar-refractivity contribution < 1.29 is 14.3 Å². The van der Waals surface area contributed by atoms with Crippen molar-refractivity contribution in [2.75, 3.05) is 25.6 Å². The van der Waals surface area contributed by atoms with Gasteiger partial charge in [-0.3, -0.25) is 4.79 Å². The van der Waals surface area contributed by atoms with Gasteiger partial charge in [-0.05, 0) is 36.8 Å². The molecule has 5 nitrogen and oxygen atoms in total. The standard InChI is InChI=1S/C16H18N2O3/c1-12-6-7-15(17-11-12)18-16(19)13-4-3-5-14(10-13)21-9-8-20-2/h3-7,10-11H,8-9H2,1-2H3,(H,17,18,19). The van der Waals surface area contributed by atoms with Crippen LogP contribution < -0.4 is 10.1 Å². The molecule has 1 heterocycles. The summed E-state index contributed by atoms with van der Waals surface area (Å²) in [6.07, 6.45) is 1.71. The normalized spacial score (nSPS) is 10.2. The second kappa shape index (κ2) is 7.40. The van der Waals surface area contributed by atoms with Crippen molar-refractivity contribution in [2.45, 2.75) is 6.92 Å². The third-order valence-electron chi connectivity index (χ3n) is 2.81. The maximum absolute atomic E-state index is 12.1. The van der Waals surface area contributed by atoms with Gasteiger partial charge in [0.1, 0.15) is 18.2 Å². The highest BCUT2D eigenvalue weighted by atomic mass is 16.5. The summed E-state index contributed by atoms with van der Waals surface area (Å²) in [6.45, 7) is 2.89. The van der Waals surface area contributed by atoms with Crippen LogP contribution in [0.1, 0.15) is 15.9 Å². The van der Waals surface area contributed by atoms with Gasteiger partial charge in [-0.25, -0.2) is 4.98 Å². The van der Waals surface area contributed by atoms with E-state index in [1.54, 1.807) is 43.6 Å². The minimum atomic E-state index is -0.219. The summed E-state index contributed by atoms with van der Waals surface area (Å²) >= 11 is 0. The van der Waals surface area contributed by atoms with Crippen LogP contribution in [0.2, 0.25) is 0 Å². The van der Waals surface area contributed by atoms with Crippen molar-refractivity contribution in [3.8, 4) is 5.75 Å². The number of carbonyl (C=O) groups is 1. The van der Waals surface area contributed by atoms with Gasteiger partial charge in [0.25, 0.3) is 5.91 Å². The first-order chi connectivity index (χ1) is 10.2. The summed E-state index contributed by atoms with van der Waals surface area (Å²) in [7, 11) is 1.61. The molecular formula is C16H18N2O3. The van der Waals surface area contributed by atoms with Crippen LogP contribution in [0, 0.1) is 6.92 Å². The van der Waals surface area contributed by atoms with E-state index in [9.17, 15) is 4.79 Å². The highest BCUT2D eigenvalue weighted by molar-refractivity contribution is 6.03. The molecule has 0 saturated heterocycles. The van der Waals surface area contributed by atoms with Gasteiger partial charge in [0.15, 0.2) is 0 Å². The molecule has 1 aromatic heterocycles. The molecule has 1 amide bonds. The fourth-order valence-corrected chi connectivity index (χ4v) is 1.70. The number of rotatable bonds is 6. The number of amides is 1. The van der Waals surface area contributed by atoms with Gasteiger partial charge in [-0.1, -0.05) is 12.1 Å². The van der Waals surface area contributed by atoms with E-state index in [4.69, 9.17) is 9.47 Å². The predicted molar refractivity (Wildman–Crippen MR) is 80.7 cm³/mol. The van der Waals surface area contributed by atoms with E-state index in [2.05, 4.69) is 10.3 Å². The molecule has 0 aliphatic rings. The second-order valence-corrected chi connectivity index (χ2v) is 4.54. The van der Waals surface area contributed by atoms with E-state index < -0.39 is 0 Å². The van der Waals surface area contributed by atoms with Gasteiger partial charge in [-0.15, -0.1) is 0 Å². The third-order valence-corrected chi connectivity index (χ3v) is 2.81. The quantitative estimate of drug-likeness (QED) is 0.829. The molecule has 21 heavy (non-hydrogen) atoms. The van der Waals surface area contributed by atoms with Gasteiger partial charge in [-0.2, -0.15) is 0 Å². The lowest BCUT2D eigenvalue weighted by molar-refractivity contribution is 0.102. The van der Waals surface area contributed by atoms with E-state index >= 15 is 0 Å². The Hall–Kier alpha value is -2.40. The fourth-order valence-electron chi connectivity index (χ4n) is 1.70. The minimum absolute atomic E-state index is 0.219. The van der Waals surface area contributed by atoms with Crippen LogP contribution in [-0.2, 0) is 4.74 Å². The number of aryl methyl sites for hydroxylation is 1. The van der Waals surface area contributed by atoms with Crippen molar-refractivity contribution in [1.29, 1.82) is 0 Å². The van der Waals surface area contributed by atoms with Gasteiger partial charge in [0.2, 0.25) is 0 Å². The smallest absolute Gasteiger partial charge is 0.256 e. The Morgan fingerprint density at radius 2 is 2.10 bits per heavy atom. The number of anilines is 1. The van der Waals surface area contributed by atoms with Crippen LogP contribution in [0.25, 0.3) is 0 Å². The number of methoxy groups -OCH3 is 1. The second-order valence-electron chi connectivity index (χ2n) is 4.54. The molecule has 0 unspecified atom stereocenters. The first-order valence-electron chi connectivity index (χ1n) is 6.65. The van der Waals surface area contributed by atoms with Crippen LogP contribution in [0.4, 0.5) is 5.82 Å². The molecule has 0 aliphatic carbocycles. The highest BCUT2D eigenvalue weighted by Crippen LogP contribution is 2.15. The number of hydrogen-bond acceptors (Lipinski definition) is 4. The average molecular weight is 286 g/mol. The van der Waals surface area contributed by atoms with Crippen LogP contribution >= 0.6 is 0 Å². The zero-order valence-corrected chi connectivity index (χ0v) is 12.1. The summed E-state index contributed by atoms with van der Waals surface area (Å²) in [4.78, 5) is 16.3. The maximum Gasteiger partial charge on any atom is 0.256 e. The monoisotopic (exact) mass is 286 g/mol. The number of nitrogens with one attached hydrogen (secondary N) is 1. The number of hydrogen-bond donors (Lipinski definition) is 1. The van der Waals surface area contributed by atoms with Crippen LogP contribution in [0.5, 0.6) is 5.75 Å². The van der Waals surface area contributed by atoms with E-state index in [1.165, 1.54) is 0 Å². The van der Waals surface area contributed by atoms with E-state index in [1.807, 2.05) is 13.0 Å². The summed E-state index contributed by atoms with van der Waals surface area (Å²) in [5.74, 6) is 0.941. The molecule has 0 radical (unpaired) electrons. The van der Waals surface area contributed by atoms with Gasteiger partial charge < -0.3 is 14.8 Å². The summed E-state index contributed by atoms with van der Waals surface area (Å²) in [6, 6.07) is 10.7. The molecule has 0 aliphatic heterocycles. The Morgan fingerprint density at radius 3 is 2.81 bits per heavy atom. The molecule has 110 valence electrons. The third kappa shape index (κ3) is 4.57. The molecule has 0 saturated carbocycles. The zero-order chi connectivity index (χ0) is 15.1. The number of aromatic nitrogens is 1. The highest BCUT2D eigenvalue weighted by Gasteiger charge is 2.08. The molecule has 1 N–H and O–H groups in total. The average Bonchev–Trinajstić information content (AvgIpc) is 2.50. The number of carbonyl (C=O) groups excluding carboxylic acids is 1. The van der Waals surface area contributed by atoms with E-state index in [0.717, 1.165) is 5.56 Å². The lowest BCUT2D eigenvalue weighted by Gasteiger charge is -2.08. The molecule has 2 aromatic rings. The first kappa shape index (κ1) is 15.0. The molecule has 1 aromatic carbocycles. The van der Waals surface area contributed by atoms with Crippen molar-refractivity contribution in [3.63, 3.8) is 0 Å². The van der Waals surface area contributed by atoms with Crippen molar-refractivity contribution in [1.82, 2.24) is 4.98 Å². The zero-order valence-electron chi connectivity index (χ0n) is 12.1. The Kier molecular flexibility index (Phi) is 5.29. The Morgan fingerprint density at radius 1 is 1.24 bits per heavy atom. The molecular weight excluding hydrogens is 268 g/mol. The molecule has 0 bridgehead atoms. The molecule has 5 heteroatoms. The number of nitrogens with zero attached hydrogens (tertiary/aromatic N) is 1. The molecule has 0 fully saturated rings. The van der Waals surface area contributed by atoms with E-state index in [0.29, 0.717) is 30.3 Å². The minimum Gasteiger partial charge on any atom is -0.491 e. The predicted octanol–water partition coefficient (Wildman–Crippen LogP) is 2.67. The van der Waals surface area contributed by atoms with Crippen LogP contribution in [0.15, 0.2) is 42.6 Å². The van der Waals surface area contributed by atoms with Crippen LogP contribution in [0.3, 0.4) is 0 Å². The Bertz CT molecular complexity index is 597. The SMILES string of the molecule is COCCOc1cccc(C(=O)Nc2ccc(C)cn2)c1. The number of pyridine rings is 1. The summed E-state index contributed by atoms with van der Waals surface area (Å²) in [5, 5.41) is 2.75. The molecule has 0 atom stereocenters. The van der Waals surface area contributed by atoms with Gasteiger partial charge >= 0.3 is 0 Å². The topological polar surface area (TPSA) is 60.5 Å². The van der Waals surface area contributed by atoms with E-state index in [-0.39, 0.29) is 5.91 Å². The van der Waals surface area contributed by atoms with Gasteiger partial charge in [0.05, 0.1) is 6.61 Å². The number of ether oxygens (including phenoxy) is 2. The number of benzene rings is 1. The first-order valence-corrected chi connectivity index (χ1v) is 6.65. The van der Waals surface area contributed by atoms with Crippen molar-refractivity contribution >= 4 is 11.7 Å². The molecule has 0 spiro atoms. The fraction of sp³-hybridized carbons (Fsp3) is 0.250. The molecule has 2 rings (SSSR count). The van der Waals surface area contributed by atoms with Crippen molar-refractivity contribution in [3.05, 3.63) is 53.7 Å². The lowest BCUT2D eigenvalue weighted by Crippen LogP contribution is -2.13. The largest absolute Gasteiger partial charge is 0.491 e. The summed E-state index contributed by atoms with van der Waals surface area (Å²) in [5.41, 5.74) is 1.56. The lowest BCUT2D eigenvalue weighted by atomic mass is 10.2. The van der Waals surface area contributed by atoms with Gasteiger partial charge in [0, 0.05) is 18.9 Å². The van der Waals surface area contributed by atoms with Crippen molar-refractivity contribution in [2.24, 2.45) is 0 Å². The Labute approximate surface area is 123 Å².